The van der Waals surface area contributed by atoms with Gasteiger partial charge in [0.1, 0.15) is 5.82 Å². The van der Waals surface area contributed by atoms with E-state index < -0.39 is 11.9 Å². The Morgan fingerprint density at radius 1 is 1.40 bits per heavy atom. The van der Waals surface area contributed by atoms with Crippen molar-refractivity contribution in [3.8, 4) is 0 Å². The molecule has 2 atom stereocenters. The first kappa shape index (κ1) is 15.2. The maximum Gasteiger partial charge on any atom is 0.130 e. The first-order chi connectivity index (χ1) is 9.51. The first-order valence-electron chi connectivity index (χ1n) is 6.68. The molecule has 0 aliphatic rings. The van der Waals surface area contributed by atoms with Crippen molar-refractivity contribution in [2.75, 3.05) is 0 Å². The highest BCUT2D eigenvalue weighted by molar-refractivity contribution is 9.10. The molecule has 0 radical (unpaired) electrons. The van der Waals surface area contributed by atoms with Gasteiger partial charge in [0.15, 0.2) is 0 Å². The largest absolute Gasteiger partial charge is 0.388 e. The average molecular weight is 341 g/mol. The van der Waals surface area contributed by atoms with Crippen molar-refractivity contribution >= 4 is 15.9 Å². The van der Waals surface area contributed by atoms with Crippen LogP contribution in [0.15, 0.2) is 34.9 Å². The minimum atomic E-state index is -0.886. The van der Waals surface area contributed by atoms with E-state index in [9.17, 15) is 9.50 Å². The molecule has 1 aromatic heterocycles. The summed E-state index contributed by atoms with van der Waals surface area (Å²) in [5, 5.41) is 14.6. The lowest BCUT2D eigenvalue weighted by Crippen LogP contribution is -2.08. The van der Waals surface area contributed by atoms with Gasteiger partial charge in [-0.2, -0.15) is 5.10 Å². The Labute approximate surface area is 126 Å². The second-order valence-corrected chi connectivity index (χ2v) is 5.85. The molecule has 2 aromatic rings. The maximum atomic E-state index is 13.8. The molecule has 5 heteroatoms. The SMILES string of the molecule is CCC(C)n1ccc(CC(O)c2ccc(Br)cc2F)n1. The van der Waals surface area contributed by atoms with Gasteiger partial charge in [0.25, 0.3) is 0 Å². The molecule has 0 aliphatic carbocycles. The second kappa shape index (κ2) is 6.50. The van der Waals surface area contributed by atoms with Crippen molar-refractivity contribution in [1.29, 1.82) is 0 Å². The monoisotopic (exact) mass is 340 g/mol. The summed E-state index contributed by atoms with van der Waals surface area (Å²) >= 11 is 3.20. The van der Waals surface area contributed by atoms with E-state index in [1.54, 1.807) is 12.1 Å². The summed E-state index contributed by atoms with van der Waals surface area (Å²) in [4.78, 5) is 0. The predicted molar refractivity (Wildman–Crippen MR) is 80.0 cm³/mol. The fourth-order valence-electron chi connectivity index (χ4n) is 2.00. The summed E-state index contributed by atoms with van der Waals surface area (Å²) in [5.74, 6) is -0.409. The number of halogens is 2. The van der Waals surface area contributed by atoms with E-state index in [1.807, 2.05) is 16.9 Å². The van der Waals surface area contributed by atoms with Gasteiger partial charge in [-0.25, -0.2) is 4.39 Å². The highest BCUT2D eigenvalue weighted by Crippen LogP contribution is 2.23. The average Bonchev–Trinajstić information content (AvgIpc) is 2.86. The normalized spacial score (nSPS) is 14.2. The Hall–Kier alpha value is -1.20. The molecule has 1 aromatic carbocycles. The third-order valence-corrected chi connectivity index (χ3v) is 3.92. The number of hydrogen-bond acceptors (Lipinski definition) is 2. The standard InChI is InChI=1S/C15H18BrFN2O/c1-3-10(2)19-7-6-12(18-19)9-15(20)13-5-4-11(16)8-14(13)17/h4-8,10,15,20H,3,9H2,1-2H3. The minimum absolute atomic E-state index is 0.297. The lowest BCUT2D eigenvalue weighted by atomic mass is 10.0. The van der Waals surface area contributed by atoms with Gasteiger partial charge >= 0.3 is 0 Å². The molecule has 0 saturated heterocycles. The van der Waals surface area contributed by atoms with E-state index in [0.29, 0.717) is 22.5 Å². The molecule has 1 N–H and O–H groups in total. The van der Waals surface area contributed by atoms with Crippen molar-refractivity contribution < 1.29 is 9.50 Å². The van der Waals surface area contributed by atoms with Crippen molar-refractivity contribution in [2.24, 2.45) is 0 Å². The van der Waals surface area contributed by atoms with E-state index in [-0.39, 0.29) is 0 Å². The molecule has 0 fully saturated rings. The molecular formula is C15H18BrFN2O. The van der Waals surface area contributed by atoms with Gasteiger partial charge in [0.2, 0.25) is 0 Å². The number of benzene rings is 1. The van der Waals surface area contributed by atoms with Gasteiger partial charge in [0, 0.05) is 28.7 Å². The fourth-order valence-corrected chi connectivity index (χ4v) is 2.33. The summed E-state index contributed by atoms with van der Waals surface area (Å²) in [6, 6.07) is 6.86. The summed E-state index contributed by atoms with van der Waals surface area (Å²) in [6.07, 6.45) is 2.31. The van der Waals surface area contributed by atoms with Gasteiger partial charge in [-0.05, 0) is 31.5 Å². The lowest BCUT2D eigenvalue weighted by molar-refractivity contribution is 0.172. The number of aliphatic hydroxyl groups is 1. The van der Waals surface area contributed by atoms with Crippen LogP contribution in [0.5, 0.6) is 0 Å². The van der Waals surface area contributed by atoms with Crippen molar-refractivity contribution in [3.05, 3.63) is 52.0 Å². The number of aromatic nitrogens is 2. The van der Waals surface area contributed by atoms with Crippen LogP contribution in [0.2, 0.25) is 0 Å². The Kier molecular flexibility index (Phi) is 4.94. The zero-order valence-electron chi connectivity index (χ0n) is 11.6. The van der Waals surface area contributed by atoms with Crippen LogP contribution in [-0.2, 0) is 6.42 Å². The third kappa shape index (κ3) is 3.46. The van der Waals surface area contributed by atoms with E-state index in [2.05, 4.69) is 34.9 Å². The smallest absolute Gasteiger partial charge is 0.130 e. The van der Waals surface area contributed by atoms with E-state index in [4.69, 9.17) is 0 Å². The van der Waals surface area contributed by atoms with Crippen molar-refractivity contribution in [2.45, 2.75) is 38.8 Å². The van der Waals surface area contributed by atoms with Crippen LogP contribution in [0, 0.1) is 5.82 Å². The van der Waals surface area contributed by atoms with Gasteiger partial charge < -0.3 is 5.11 Å². The summed E-state index contributed by atoms with van der Waals surface area (Å²) in [7, 11) is 0. The maximum absolute atomic E-state index is 13.8. The molecule has 0 amide bonds. The van der Waals surface area contributed by atoms with Crippen LogP contribution in [0.25, 0.3) is 0 Å². The Bertz CT molecular complexity index is 585. The third-order valence-electron chi connectivity index (χ3n) is 3.43. The fraction of sp³-hybridized carbons (Fsp3) is 0.400. The zero-order chi connectivity index (χ0) is 14.7. The minimum Gasteiger partial charge on any atom is -0.388 e. The van der Waals surface area contributed by atoms with Crippen LogP contribution in [0.3, 0.4) is 0 Å². The van der Waals surface area contributed by atoms with E-state index >= 15 is 0 Å². The molecule has 0 spiro atoms. The van der Waals surface area contributed by atoms with Crippen LogP contribution >= 0.6 is 15.9 Å². The molecule has 2 rings (SSSR count). The second-order valence-electron chi connectivity index (χ2n) is 4.93. The molecule has 3 nitrogen and oxygen atoms in total. The lowest BCUT2D eigenvalue weighted by Gasteiger charge is -2.11. The Morgan fingerprint density at radius 3 is 2.80 bits per heavy atom. The van der Waals surface area contributed by atoms with Crippen LogP contribution in [0.1, 0.15) is 43.7 Å². The predicted octanol–water partition coefficient (Wildman–Crippen LogP) is 4.03. The number of nitrogens with zero attached hydrogens (tertiary/aromatic N) is 2. The quantitative estimate of drug-likeness (QED) is 0.892. The van der Waals surface area contributed by atoms with Crippen LogP contribution < -0.4 is 0 Å². The van der Waals surface area contributed by atoms with Crippen molar-refractivity contribution in [1.82, 2.24) is 9.78 Å². The van der Waals surface area contributed by atoms with E-state index in [1.165, 1.54) is 6.07 Å². The molecule has 108 valence electrons. The Morgan fingerprint density at radius 2 is 2.15 bits per heavy atom. The number of rotatable bonds is 5. The summed E-state index contributed by atoms with van der Waals surface area (Å²) < 4.78 is 16.3. The topological polar surface area (TPSA) is 38.0 Å². The molecule has 20 heavy (non-hydrogen) atoms. The summed E-state index contributed by atoms with van der Waals surface area (Å²) in [5.41, 5.74) is 1.06. The molecule has 0 bridgehead atoms. The van der Waals surface area contributed by atoms with Crippen LogP contribution in [-0.4, -0.2) is 14.9 Å². The number of hydrogen-bond donors (Lipinski definition) is 1. The summed E-state index contributed by atoms with van der Waals surface area (Å²) in [6.45, 7) is 4.18. The molecule has 0 aliphatic heterocycles. The van der Waals surface area contributed by atoms with Gasteiger partial charge in [-0.15, -0.1) is 0 Å². The first-order valence-corrected chi connectivity index (χ1v) is 7.47. The Balaban J connectivity index is 2.11. The highest BCUT2D eigenvalue weighted by Gasteiger charge is 2.15. The molecule has 0 saturated carbocycles. The van der Waals surface area contributed by atoms with Crippen molar-refractivity contribution in [3.63, 3.8) is 0 Å². The van der Waals surface area contributed by atoms with Gasteiger partial charge in [0.05, 0.1) is 11.8 Å². The van der Waals surface area contributed by atoms with E-state index in [0.717, 1.165) is 12.1 Å². The highest BCUT2D eigenvalue weighted by atomic mass is 79.9. The van der Waals surface area contributed by atoms with Gasteiger partial charge in [-0.1, -0.05) is 28.9 Å². The zero-order valence-corrected chi connectivity index (χ0v) is 13.1. The van der Waals surface area contributed by atoms with Gasteiger partial charge in [-0.3, -0.25) is 4.68 Å². The number of aliphatic hydroxyl groups excluding tert-OH is 1. The van der Waals surface area contributed by atoms with Crippen LogP contribution in [0.4, 0.5) is 4.39 Å². The molecular weight excluding hydrogens is 323 g/mol. The molecule has 1 heterocycles. The molecule has 2 unspecified atom stereocenters.